The summed E-state index contributed by atoms with van der Waals surface area (Å²) in [6, 6.07) is 46.5. The van der Waals surface area contributed by atoms with Gasteiger partial charge in [0.05, 0.1) is 5.41 Å². The second-order valence-electron chi connectivity index (χ2n) is 8.57. The smallest absolute Gasteiger partial charge is 0.0622 e. The predicted octanol–water partition coefficient (Wildman–Crippen LogP) is 8.03. The highest BCUT2D eigenvalue weighted by molar-refractivity contribution is 5.95. The monoisotopic (exact) mass is 408 g/mol. The molecule has 0 nitrogen and oxygen atoms in total. The predicted molar refractivity (Wildman–Crippen MR) is 134 cm³/mol. The van der Waals surface area contributed by atoms with Crippen LogP contribution in [0.25, 0.3) is 22.3 Å². The quantitative estimate of drug-likeness (QED) is 0.278. The Morgan fingerprint density at radius 1 is 0.406 bits per heavy atom. The molecule has 0 N–H and O–H groups in total. The van der Waals surface area contributed by atoms with Gasteiger partial charge in [0.2, 0.25) is 0 Å². The molecular formula is C32H24. The maximum absolute atomic E-state index is 2.33. The summed E-state index contributed by atoms with van der Waals surface area (Å²) in [6.07, 6.45) is 0. The second-order valence-corrected chi connectivity index (χ2v) is 8.57. The largest absolute Gasteiger partial charge is 0.0713 e. The first kappa shape index (κ1) is 18.8. The Labute approximate surface area is 189 Å². The molecule has 32 heavy (non-hydrogen) atoms. The van der Waals surface area contributed by atoms with Gasteiger partial charge in [-0.15, -0.1) is 0 Å². The van der Waals surface area contributed by atoms with Crippen molar-refractivity contribution in [2.75, 3.05) is 0 Å². The first-order valence-corrected chi connectivity index (χ1v) is 11.2. The van der Waals surface area contributed by atoms with E-state index in [4.69, 9.17) is 0 Å². The SMILES string of the molecule is Cc1ccccc1-c1cccc2c1-c1ccccc1C2(c1ccccc1)c1ccccc1. The molecule has 0 heterocycles. The van der Waals surface area contributed by atoms with E-state index in [1.54, 1.807) is 0 Å². The van der Waals surface area contributed by atoms with Crippen LogP contribution < -0.4 is 0 Å². The van der Waals surface area contributed by atoms with Crippen molar-refractivity contribution in [1.29, 1.82) is 0 Å². The first-order chi connectivity index (χ1) is 15.8. The molecule has 1 aliphatic carbocycles. The Kier molecular flexibility index (Phi) is 4.33. The summed E-state index contributed by atoms with van der Waals surface area (Å²) in [5.41, 5.74) is 11.6. The van der Waals surface area contributed by atoms with Crippen LogP contribution in [0.2, 0.25) is 0 Å². The van der Waals surface area contributed by atoms with Gasteiger partial charge < -0.3 is 0 Å². The van der Waals surface area contributed by atoms with Gasteiger partial charge in [-0.3, -0.25) is 0 Å². The number of hydrogen-bond donors (Lipinski definition) is 0. The number of benzene rings is 5. The lowest BCUT2D eigenvalue weighted by molar-refractivity contribution is 0.768. The van der Waals surface area contributed by atoms with E-state index in [2.05, 4.69) is 134 Å². The molecule has 0 aromatic heterocycles. The zero-order valence-corrected chi connectivity index (χ0v) is 18.1. The molecule has 152 valence electrons. The zero-order chi connectivity index (χ0) is 21.5. The van der Waals surface area contributed by atoms with Gasteiger partial charge in [-0.05, 0) is 57.0 Å². The molecule has 0 aliphatic heterocycles. The number of fused-ring (bicyclic) bond motifs is 3. The van der Waals surface area contributed by atoms with Crippen molar-refractivity contribution in [2.24, 2.45) is 0 Å². The van der Waals surface area contributed by atoms with E-state index >= 15 is 0 Å². The highest BCUT2D eigenvalue weighted by atomic mass is 14.5. The highest BCUT2D eigenvalue weighted by Gasteiger charge is 2.46. The van der Waals surface area contributed by atoms with E-state index in [1.807, 2.05) is 0 Å². The molecule has 0 radical (unpaired) electrons. The molecule has 0 bridgehead atoms. The van der Waals surface area contributed by atoms with E-state index < -0.39 is 0 Å². The lowest BCUT2D eigenvalue weighted by Crippen LogP contribution is -2.28. The minimum atomic E-state index is -0.340. The molecule has 6 rings (SSSR count). The third-order valence-corrected chi connectivity index (χ3v) is 6.92. The Bertz CT molecular complexity index is 1370. The fraction of sp³-hybridized carbons (Fsp3) is 0.0625. The summed E-state index contributed by atoms with van der Waals surface area (Å²) in [4.78, 5) is 0. The summed E-state index contributed by atoms with van der Waals surface area (Å²) in [7, 11) is 0. The summed E-state index contributed by atoms with van der Waals surface area (Å²) in [5.74, 6) is 0. The van der Waals surface area contributed by atoms with Crippen LogP contribution in [0.3, 0.4) is 0 Å². The molecule has 0 atom stereocenters. The van der Waals surface area contributed by atoms with Crippen LogP contribution in [-0.4, -0.2) is 0 Å². The average Bonchev–Trinajstić information content (AvgIpc) is 3.17. The third kappa shape index (κ3) is 2.56. The van der Waals surface area contributed by atoms with Crippen molar-refractivity contribution in [3.05, 3.63) is 155 Å². The molecule has 0 spiro atoms. The van der Waals surface area contributed by atoms with E-state index in [1.165, 1.54) is 50.1 Å². The van der Waals surface area contributed by atoms with Crippen molar-refractivity contribution < 1.29 is 0 Å². The summed E-state index contributed by atoms with van der Waals surface area (Å²) >= 11 is 0. The van der Waals surface area contributed by atoms with Crippen molar-refractivity contribution >= 4 is 0 Å². The highest BCUT2D eigenvalue weighted by Crippen LogP contribution is 2.58. The van der Waals surface area contributed by atoms with Crippen LogP contribution in [0.4, 0.5) is 0 Å². The van der Waals surface area contributed by atoms with Gasteiger partial charge in [0, 0.05) is 0 Å². The standard InChI is InChI=1S/C32H24/c1-23-13-8-9-18-26(23)27-20-12-22-30-31(27)28-19-10-11-21-29(28)32(30,24-14-4-2-5-15-24)25-16-6-3-7-17-25/h2-22H,1H3. The molecule has 0 amide bonds. The lowest BCUT2D eigenvalue weighted by atomic mass is 9.67. The fourth-order valence-corrected chi connectivity index (χ4v) is 5.59. The Morgan fingerprint density at radius 2 is 0.906 bits per heavy atom. The second kappa shape index (κ2) is 7.35. The van der Waals surface area contributed by atoms with E-state index in [-0.39, 0.29) is 5.41 Å². The maximum Gasteiger partial charge on any atom is 0.0713 e. The van der Waals surface area contributed by atoms with Crippen molar-refractivity contribution in [2.45, 2.75) is 12.3 Å². The van der Waals surface area contributed by atoms with Gasteiger partial charge in [-0.1, -0.05) is 127 Å². The molecule has 0 unspecified atom stereocenters. The van der Waals surface area contributed by atoms with Crippen LogP contribution in [-0.2, 0) is 5.41 Å². The van der Waals surface area contributed by atoms with Crippen molar-refractivity contribution in [3.63, 3.8) is 0 Å². The molecule has 5 aromatic rings. The fourth-order valence-electron chi connectivity index (χ4n) is 5.59. The Morgan fingerprint density at radius 3 is 1.56 bits per heavy atom. The molecule has 5 aromatic carbocycles. The number of rotatable bonds is 3. The number of hydrogen-bond acceptors (Lipinski definition) is 0. The third-order valence-electron chi connectivity index (χ3n) is 6.92. The molecule has 1 aliphatic rings. The van der Waals surface area contributed by atoms with Crippen LogP contribution in [0, 0.1) is 6.92 Å². The number of aryl methyl sites for hydroxylation is 1. The minimum absolute atomic E-state index is 0.340. The summed E-state index contributed by atoms with van der Waals surface area (Å²) < 4.78 is 0. The van der Waals surface area contributed by atoms with Gasteiger partial charge in [0.1, 0.15) is 0 Å². The van der Waals surface area contributed by atoms with Crippen LogP contribution in [0.15, 0.2) is 127 Å². The Hall–Kier alpha value is -3.90. The first-order valence-electron chi connectivity index (χ1n) is 11.2. The van der Waals surface area contributed by atoms with Gasteiger partial charge in [-0.25, -0.2) is 0 Å². The van der Waals surface area contributed by atoms with Crippen LogP contribution >= 0.6 is 0 Å². The van der Waals surface area contributed by atoms with Gasteiger partial charge in [-0.2, -0.15) is 0 Å². The van der Waals surface area contributed by atoms with E-state index in [0.29, 0.717) is 0 Å². The van der Waals surface area contributed by atoms with E-state index in [0.717, 1.165) is 0 Å². The molecular weight excluding hydrogens is 384 g/mol. The molecule has 0 heteroatoms. The average molecular weight is 409 g/mol. The Balaban J connectivity index is 1.79. The van der Waals surface area contributed by atoms with Crippen LogP contribution in [0.5, 0.6) is 0 Å². The maximum atomic E-state index is 2.33. The molecule has 0 saturated carbocycles. The van der Waals surface area contributed by atoms with Gasteiger partial charge >= 0.3 is 0 Å². The van der Waals surface area contributed by atoms with Crippen molar-refractivity contribution in [3.8, 4) is 22.3 Å². The summed E-state index contributed by atoms with van der Waals surface area (Å²) in [6.45, 7) is 2.21. The lowest BCUT2D eigenvalue weighted by Gasteiger charge is -2.34. The minimum Gasteiger partial charge on any atom is -0.0622 e. The van der Waals surface area contributed by atoms with Crippen molar-refractivity contribution in [1.82, 2.24) is 0 Å². The van der Waals surface area contributed by atoms with Gasteiger partial charge in [0.25, 0.3) is 0 Å². The van der Waals surface area contributed by atoms with E-state index in [9.17, 15) is 0 Å². The van der Waals surface area contributed by atoms with Crippen LogP contribution in [0.1, 0.15) is 27.8 Å². The van der Waals surface area contributed by atoms with Gasteiger partial charge in [0.15, 0.2) is 0 Å². The molecule has 0 saturated heterocycles. The zero-order valence-electron chi connectivity index (χ0n) is 18.1. The normalized spacial score (nSPS) is 13.4. The topological polar surface area (TPSA) is 0 Å². The summed E-state index contributed by atoms with van der Waals surface area (Å²) in [5, 5.41) is 0. The molecule has 0 fully saturated rings.